The molecule has 0 amide bonds. The molecule has 1 unspecified atom stereocenters. The zero-order chi connectivity index (χ0) is 10.6. The minimum Gasteiger partial charge on any atom is -0.377 e. The lowest BCUT2D eigenvalue weighted by Crippen LogP contribution is -2.06. The Labute approximate surface area is 86.6 Å². The monoisotopic (exact) mass is 220 g/mol. The molecule has 4 heteroatoms. The van der Waals surface area contributed by atoms with Crippen LogP contribution in [0.15, 0.2) is 24.3 Å². The van der Waals surface area contributed by atoms with Crippen molar-refractivity contribution in [2.75, 3.05) is 7.11 Å². The Morgan fingerprint density at radius 3 is 2.29 bits per heavy atom. The molecule has 0 fully saturated rings. The van der Waals surface area contributed by atoms with Gasteiger partial charge in [-0.1, -0.05) is 23.7 Å². The van der Waals surface area contributed by atoms with Crippen molar-refractivity contribution in [1.82, 2.24) is 0 Å². The SMILES string of the molecule is COC(CC(F)F)c1ccc(Cl)cc1. The maximum absolute atomic E-state index is 12.1. The largest absolute Gasteiger partial charge is 0.377 e. The normalized spacial score (nSPS) is 13.2. The van der Waals surface area contributed by atoms with Crippen molar-refractivity contribution >= 4 is 11.6 Å². The van der Waals surface area contributed by atoms with E-state index in [1.54, 1.807) is 24.3 Å². The number of methoxy groups -OCH3 is 1. The third-order valence-corrected chi connectivity index (χ3v) is 2.17. The van der Waals surface area contributed by atoms with Crippen LogP contribution >= 0.6 is 11.6 Å². The van der Waals surface area contributed by atoms with Gasteiger partial charge in [0.15, 0.2) is 0 Å². The van der Waals surface area contributed by atoms with Gasteiger partial charge in [-0.15, -0.1) is 0 Å². The molecule has 1 aromatic carbocycles. The second-order valence-electron chi connectivity index (χ2n) is 2.90. The minimum absolute atomic E-state index is 0.294. The summed E-state index contributed by atoms with van der Waals surface area (Å²) in [6, 6.07) is 6.71. The van der Waals surface area contributed by atoms with E-state index < -0.39 is 12.5 Å². The van der Waals surface area contributed by atoms with E-state index in [1.807, 2.05) is 0 Å². The Morgan fingerprint density at radius 1 is 1.29 bits per heavy atom. The molecule has 1 aromatic rings. The summed E-state index contributed by atoms with van der Waals surface area (Å²) in [5.74, 6) is 0. The molecule has 0 radical (unpaired) electrons. The lowest BCUT2D eigenvalue weighted by molar-refractivity contribution is 0.0304. The maximum atomic E-state index is 12.1. The second kappa shape index (κ2) is 5.27. The van der Waals surface area contributed by atoms with Crippen LogP contribution in [0.1, 0.15) is 18.1 Å². The Bertz CT molecular complexity index is 274. The molecule has 0 N–H and O–H groups in total. The number of halogens is 3. The predicted octanol–water partition coefficient (Wildman–Crippen LogP) is 3.68. The zero-order valence-corrected chi connectivity index (χ0v) is 8.47. The molecule has 0 bridgehead atoms. The van der Waals surface area contributed by atoms with Crippen molar-refractivity contribution < 1.29 is 13.5 Å². The van der Waals surface area contributed by atoms with Crippen LogP contribution in [0.3, 0.4) is 0 Å². The summed E-state index contributed by atoms with van der Waals surface area (Å²) in [6.07, 6.45) is -3.22. The highest BCUT2D eigenvalue weighted by Crippen LogP contribution is 2.24. The van der Waals surface area contributed by atoms with Gasteiger partial charge in [0.2, 0.25) is 6.43 Å². The molecule has 14 heavy (non-hydrogen) atoms. The van der Waals surface area contributed by atoms with Crippen LogP contribution in [0.2, 0.25) is 5.02 Å². The van der Waals surface area contributed by atoms with Crippen molar-refractivity contribution in [2.45, 2.75) is 19.0 Å². The van der Waals surface area contributed by atoms with Gasteiger partial charge in [-0.25, -0.2) is 8.78 Å². The first kappa shape index (κ1) is 11.4. The van der Waals surface area contributed by atoms with Crippen LogP contribution in [0.4, 0.5) is 8.78 Å². The first-order valence-electron chi connectivity index (χ1n) is 4.20. The predicted molar refractivity (Wildman–Crippen MR) is 51.8 cm³/mol. The summed E-state index contributed by atoms with van der Waals surface area (Å²) in [4.78, 5) is 0. The summed E-state index contributed by atoms with van der Waals surface area (Å²) in [7, 11) is 1.42. The van der Waals surface area contributed by atoms with E-state index in [2.05, 4.69) is 0 Å². The van der Waals surface area contributed by atoms with Crippen LogP contribution in [-0.2, 0) is 4.74 Å². The number of alkyl halides is 2. The van der Waals surface area contributed by atoms with E-state index in [0.29, 0.717) is 5.02 Å². The van der Waals surface area contributed by atoms with Gasteiger partial charge in [-0.05, 0) is 17.7 Å². The molecule has 0 aliphatic rings. The minimum atomic E-state index is -2.37. The van der Waals surface area contributed by atoms with Gasteiger partial charge < -0.3 is 4.74 Å². The zero-order valence-electron chi connectivity index (χ0n) is 7.71. The third kappa shape index (κ3) is 3.24. The molecular formula is C10H11ClF2O. The smallest absolute Gasteiger partial charge is 0.241 e. The Hall–Kier alpha value is -0.670. The molecule has 0 aliphatic carbocycles. The second-order valence-corrected chi connectivity index (χ2v) is 3.34. The highest BCUT2D eigenvalue weighted by molar-refractivity contribution is 6.30. The summed E-state index contributed by atoms with van der Waals surface area (Å²) >= 11 is 5.68. The van der Waals surface area contributed by atoms with Crippen molar-refractivity contribution in [3.8, 4) is 0 Å². The van der Waals surface area contributed by atoms with Crippen LogP contribution in [0.5, 0.6) is 0 Å². The van der Waals surface area contributed by atoms with Gasteiger partial charge in [0.1, 0.15) is 0 Å². The molecule has 0 aliphatic heterocycles. The molecule has 1 nitrogen and oxygen atoms in total. The molecule has 0 heterocycles. The number of ether oxygens (including phenoxy) is 1. The molecule has 0 spiro atoms. The number of benzene rings is 1. The standard InChI is InChI=1S/C10H11ClF2O/c1-14-9(6-10(12)13)7-2-4-8(11)5-3-7/h2-5,9-10H,6H2,1H3. The Balaban J connectivity index is 2.73. The topological polar surface area (TPSA) is 9.23 Å². The average Bonchev–Trinajstić information content (AvgIpc) is 2.15. The number of rotatable bonds is 4. The van der Waals surface area contributed by atoms with E-state index >= 15 is 0 Å². The van der Waals surface area contributed by atoms with Crippen LogP contribution in [0, 0.1) is 0 Å². The fourth-order valence-electron chi connectivity index (χ4n) is 1.21. The molecule has 1 atom stereocenters. The highest BCUT2D eigenvalue weighted by atomic mass is 35.5. The molecule has 78 valence electrons. The molecular weight excluding hydrogens is 210 g/mol. The highest BCUT2D eigenvalue weighted by Gasteiger charge is 2.16. The van der Waals surface area contributed by atoms with Gasteiger partial charge in [-0.2, -0.15) is 0 Å². The van der Waals surface area contributed by atoms with Crippen LogP contribution < -0.4 is 0 Å². The summed E-state index contributed by atoms with van der Waals surface area (Å²) < 4.78 is 29.2. The van der Waals surface area contributed by atoms with Crippen molar-refractivity contribution in [3.05, 3.63) is 34.9 Å². The van der Waals surface area contributed by atoms with Gasteiger partial charge in [-0.3, -0.25) is 0 Å². The molecule has 1 rings (SSSR count). The van der Waals surface area contributed by atoms with E-state index in [1.165, 1.54) is 7.11 Å². The van der Waals surface area contributed by atoms with Crippen molar-refractivity contribution in [1.29, 1.82) is 0 Å². The van der Waals surface area contributed by atoms with Crippen LogP contribution in [0.25, 0.3) is 0 Å². The lowest BCUT2D eigenvalue weighted by Gasteiger charge is -2.14. The first-order chi connectivity index (χ1) is 6.63. The van der Waals surface area contributed by atoms with Crippen molar-refractivity contribution in [3.63, 3.8) is 0 Å². The first-order valence-corrected chi connectivity index (χ1v) is 4.57. The van der Waals surface area contributed by atoms with Crippen molar-refractivity contribution in [2.24, 2.45) is 0 Å². The number of hydrogen-bond acceptors (Lipinski definition) is 1. The molecule has 0 saturated heterocycles. The summed E-state index contributed by atoms with van der Waals surface area (Å²) in [5, 5.41) is 0.584. The summed E-state index contributed by atoms with van der Waals surface area (Å²) in [6.45, 7) is 0. The van der Waals surface area contributed by atoms with Gasteiger partial charge in [0.05, 0.1) is 6.10 Å². The van der Waals surface area contributed by atoms with E-state index in [0.717, 1.165) is 5.56 Å². The fraction of sp³-hybridized carbons (Fsp3) is 0.400. The lowest BCUT2D eigenvalue weighted by atomic mass is 10.1. The Morgan fingerprint density at radius 2 is 1.86 bits per heavy atom. The van der Waals surface area contributed by atoms with Gasteiger partial charge >= 0.3 is 0 Å². The maximum Gasteiger partial charge on any atom is 0.241 e. The van der Waals surface area contributed by atoms with E-state index in [-0.39, 0.29) is 6.42 Å². The fourth-order valence-corrected chi connectivity index (χ4v) is 1.33. The molecule has 0 aromatic heterocycles. The van der Waals surface area contributed by atoms with E-state index in [4.69, 9.17) is 16.3 Å². The quantitative estimate of drug-likeness (QED) is 0.752. The van der Waals surface area contributed by atoms with Gasteiger partial charge in [0, 0.05) is 18.6 Å². The summed E-state index contributed by atoms with van der Waals surface area (Å²) in [5.41, 5.74) is 0.720. The average molecular weight is 221 g/mol. The third-order valence-electron chi connectivity index (χ3n) is 1.92. The Kier molecular flexibility index (Phi) is 4.29. The van der Waals surface area contributed by atoms with E-state index in [9.17, 15) is 8.78 Å². The molecule has 0 saturated carbocycles. The van der Waals surface area contributed by atoms with Crippen LogP contribution in [-0.4, -0.2) is 13.5 Å². The number of hydrogen-bond donors (Lipinski definition) is 0. The van der Waals surface area contributed by atoms with Gasteiger partial charge in [0.25, 0.3) is 0 Å².